The average molecular weight is 331 g/mol. The van der Waals surface area contributed by atoms with E-state index in [9.17, 15) is 4.79 Å². The van der Waals surface area contributed by atoms with Crippen LogP contribution in [0.1, 0.15) is 16.1 Å². The molecule has 2 aromatic heterocycles. The molecule has 0 aliphatic carbocycles. The smallest absolute Gasteiger partial charge is 0.276 e. The first-order valence-corrected chi connectivity index (χ1v) is 6.80. The molecular formula is C14H11BrN4O. The number of nitrogens with one attached hydrogen (secondary N) is 2. The molecule has 0 aliphatic heterocycles. The molecule has 1 aromatic carbocycles. The lowest BCUT2D eigenvalue weighted by molar-refractivity contribution is 0.102. The molecule has 1 amide bonds. The number of fused-ring (bicyclic) bond motifs is 1. The van der Waals surface area contributed by atoms with Crippen molar-refractivity contribution in [3.8, 4) is 0 Å². The Morgan fingerprint density at radius 2 is 2.20 bits per heavy atom. The molecular weight excluding hydrogens is 320 g/mol. The largest absolute Gasteiger partial charge is 0.321 e. The number of aromatic amines is 1. The average Bonchev–Trinajstić information content (AvgIpc) is 2.87. The summed E-state index contributed by atoms with van der Waals surface area (Å²) in [5.41, 5.74) is 2.91. The fourth-order valence-electron chi connectivity index (χ4n) is 1.94. The van der Waals surface area contributed by atoms with Crippen LogP contribution < -0.4 is 5.32 Å². The number of carbonyl (C=O) groups excluding carboxylic acids is 1. The Morgan fingerprint density at radius 1 is 1.35 bits per heavy atom. The summed E-state index contributed by atoms with van der Waals surface area (Å²) in [5.74, 6) is -0.258. The first kappa shape index (κ1) is 12.8. The van der Waals surface area contributed by atoms with Gasteiger partial charge in [-0.25, -0.2) is 0 Å². The third kappa shape index (κ3) is 2.30. The SMILES string of the molecule is Cc1cc(NC(=O)c2n[nH]c3ccncc23)ccc1Br. The van der Waals surface area contributed by atoms with E-state index in [1.807, 2.05) is 25.1 Å². The Bertz CT molecular complexity index is 797. The van der Waals surface area contributed by atoms with E-state index in [-0.39, 0.29) is 5.91 Å². The van der Waals surface area contributed by atoms with Gasteiger partial charge in [-0.2, -0.15) is 5.10 Å². The van der Waals surface area contributed by atoms with Crippen molar-refractivity contribution in [2.24, 2.45) is 0 Å². The van der Waals surface area contributed by atoms with Crippen molar-refractivity contribution in [1.29, 1.82) is 0 Å². The third-order valence-electron chi connectivity index (χ3n) is 3.00. The monoisotopic (exact) mass is 330 g/mol. The minimum absolute atomic E-state index is 0.258. The van der Waals surface area contributed by atoms with E-state index in [0.717, 1.165) is 21.2 Å². The Hall–Kier alpha value is -2.21. The molecule has 0 spiro atoms. The van der Waals surface area contributed by atoms with Crippen molar-refractivity contribution in [3.05, 3.63) is 52.4 Å². The molecule has 0 saturated carbocycles. The van der Waals surface area contributed by atoms with Crippen LogP contribution in [0.15, 0.2) is 41.1 Å². The lowest BCUT2D eigenvalue weighted by Gasteiger charge is -2.05. The highest BCUT2D eigenvalue weighted by Crippen LogP contribution is 2.21. The van der Waals surface area contributed by atoms with Crippen molar-refractivity contribution >= 4 is 38.4 Å². The van der Waals surface area contributed by atoms with Gasteiger partial charge in [0.2, 0.25) is 0 Å². The van der Waals surface area contributed by atoms with E-state index in [4.69, 9.17) is 0 Å². The Kier molecular flexibility index (Phi) is 3.23. The zero-order chi connectivity index (χ0) is 14.1. The van der Waals surface area contributed by atoms with Crippen molar-refractivity contribution < 1.29 is 4.79 Å². The molecule has 0 radical (unpaired) electrons. The van der Waals surface area contributed by atoms with E-state index in [1.165, 1.54) is 0 Å². The van der Waals surface area contributed by atoms with Crippen LogP contribution in [0.3, 0.4) is 0 Å². The van der Waals surface area contributed by atoms with Crippen molar-refractivity contribution in [3.63, 3.8) is 0 Å². The molecule has 0 unspecified atom stereocenters. The van der Waals surface area contributed by atoms with Crippen LogP contribution >= 0.6 is 15.9 Å². The van der Waals surface area contributed by atoms with Gasteiger partial charge >= 0.3 is 0 Å². The molecule has 0 aliphatic rings. The van der Waals surface area contributed by atoms with Gasteiger partial charge in [0, 0.05) is 22.6 Å². The number of H-pyrrole nitrogens is 1. The van der Waals surface area contributed by atoms with Crippen LogP contribution in [0.25, 0.3) is 10.9 Å². The Labute approximate surface area is 123 Å². The predicted octanol–water partition coefficient (Wildman–Crippen LogP) is 3.28. The van der Waals surface area contributed by atoms with Gasteiger partial charge in [0.25, 0.3) is 5.91 Å². The molecule has 0 fully saturated rings. The highest BCUT2D eigenvalue weighted by Gasteiger charge is 2.14. The number of pyridine rings is 1. The van der Waals surface area contributed by atoms with E-state index in [0.29, 0.717) is 11.1 Å². The van der Waals surface area contributed by atoms with Crippen LogP contribution in [0.2, 0.25) is 0 Å². The summed E-state index contributed by atoms with van der Waals surface area (Å²) < 4.78 is 1.00. The molecule has 2 N–H and O–H groups in total. The number of anilines is 1. The number of carbonyl (C=O) groups is 1. The summed E-state index contributed by atoms with van der Waals surface area (Å²) in [6.07, 6.45) is 3.28. The van der Waals surface area contributed by atoms with Crippen LogP contribution in [0.5, 0.6) is 0 Å². The highest BCUT2D eigenvalue weighted by atomic mass is 79.9. The first-order chi connectivity index (χ1) is 9.65. The maximum atomic E-state index is 12.3. The van der Waals surface area contributed by atoms with Gasteiger partial charge in [-0.05, 0) is 36.8 Å². The number of amides is 1. The van der Waals surface area contributed by atoms with E-state index >= 15 is 0 Å². The second-order valence-electron chi connectivity index (χ2n) is 4.41. The van der Waals surface area contributed by atoms with Gasteiger partial charge in [-0.1, -0.05) is 15.9 Å². The number of nitrogens with zero attached hydrogens (tertiary/aromatic N) is 2. The van der Waals surface area contributed by atoms with Gasteiger partial charge in [0.1, 0.15) is 0 Å². The lowest BCUT2D eigenvalue weighted by Crippen LogP contribution is -2.12. The highest BCUT2D eigenvalue weighted by molar-refractivity contribution is 9.10. The molecule has 0 atom stereocenters. The number of hydrogen-bond donors (Lipinski definition) is 2. The third-order valence-corrected chi connectivity index (χ3v) is 3.88. The van der Waals surface area contributed by atoms with E-state index in [2.05, 4.69) is 36.4 Å². The molecule has 0 bridgehead atoms. The summed E-state index contributed by atoms with van der Waals surface area (Å²) in [6.45, 7) is 1.97. The fourth-order valence-corrected chi connectivity index (χ4v) is 2.19. The lowest BCUT2D eigenvalue weighted by atomic mass is 10.2. The molecule has 20 heavy (non-hydrogen) atoms. The topological polar surface area (TPSA) is 70.7 Å². The number of aryl methyl sites for hydroxylation is 1. The number of rotatable bonds is 2. The van der Waals surface area contributed by atoms with Crippen molar-refractivity contribution in [2.45, 2.75) is 6.92 Å². The Balaban J connectivity index is 1.91. The summed E-state index contributed by atoms with van der Waals surface area (Å²) in [5, 5.41) is 10.4. The summed E-state index contributed by atoms with van der Waals surface area (Å²) >= 11 is 3.43. The van der Waals surface area contributed by atoms with Crippen LogP contribution in [0, 0.1) is 6.92 Å². The molecule has 5 nitrogen and oxygen atoms in total. The molecule has 6 heteroatoms. The number of benzene rings is 1. The number of hydrogen-bond acceptors (Lipinski definition) is 3. The van der Waals surface area contributed by atoms with Crippen LogP contribution in [0.4, 0.5) is 5.69 Å². The van der Waals surface area contributed by atoms with Crippen molar-refractivity contribution in [1.82, 2.24) is 15.2 Å². The quantitative estimate of drug-likeness (QED) is 0.757. The minimum atomic E-state index is -0.258. The first-order valence-electron chi connectivity index (χ1n) is 6.01. The summed E-state index contributed by atoms with van der Waals surface area (Å²) in [7, 11) is 0. The standard InChI is InChI=1S/C14H11BrN4O/c1-8-6-9(2-3-11(8)15)17-14(20)13-10-7-16-5-4-12(10)18-19-13/h2-7H,1H3,(H,17,20)(H,18,19). The second-order valence-corrected chi connectivity index (χ2v) is 5.27. The van der Waals surface area contributed by atoms with E-state index in [1.54, 1.807) is 18.5 Å². The van der Waals surface area contributed by atoms with Gasteiger partial charge in [-0.3, -0.25) is 14.9 Å². The predicted molar refractivity (Wildman–Crippen MR) is 80.7 cm³/mol. The van der Waals surface area contributed by atoms with Crippen LogP contribution in [-0.4, -0.2) is 21.1 Å². The van der Waals surface area contributed by atoms with Gasteiger partial charge in [0.05, 0.1) is 10.9 Å². The minimum Gasteiger partial charge on any atom is -0.321 e. The van der Waals surface area contributed by atoms with Crippen molar-refractivity contribution in [2.75, 3.05) is 5.32 Å². The van der Waals surface area contributed by atoms with E-state index < -0.39 is 0 Å². The summed E-state index contributed by atoms with van der Waals surface area (Å²) in [4.78, 5) is 16.3. The molecule has 2 heterocycles. The summed E-state index contributed by atoms with van der Waals surface area (Å²) in [6, 6.07) is 7.41. The molecule has 3 aromatic rings. The van der Waals surface area contributed by atoms with Gasteiger partial charge < -0.3 is 5.32 Å². The maximum Gasteiger partial charge on any atom is 0.276 e. The second kappa shape index (κ2) is 5.05. The van der Waals surface area contributed by atoms with Gasteiger partial charge in [-0.15, -0.1) is 0 Å². The zero-order valence-corrected chi connectivity index (χ0v) is 12.2. The van der Waals surface area contributed by atoms with Gasteiger partial charge in [0.15, 0.2) is 5.69 Å². The molecule has 100 valence electrons. The fraction of sp³-hybridized carbons (Fsp3) is 0.0714. The Morgan fingerprint density at radius 3 is 3.00 bits per heavy atom. The maximum absolute atomic E-state index is 12.3. The zero-order valence-electron chi connectivity index (χ0n) is 10.6. The number of aromatic nitrogens is 3. The molecule has 0 saturated heterocycles. The van der Waals surface area contributed by atoms with Crippen LogP contribution in [-0.2, 0) is 0 Å². The molecule has 3 rings (SSSR count). The number of halogens is 1. The normalized spacial score (nSPS) is 10.7.